The van der Waals surface area contributed by atoms with Crippen LogP contribution < -0.4 is 14.9 Å². The van der Waals surface area contributed by atoms with E-state index in [2.05, 4.69) is 21.4 Å². The Morgan fingerprint density at radius 1 is 1.14 bits per heavy atom. The predicted octanol–water partition coefficient (Wildman–Crippen LogP) is 6.89. The highest BCUT2D eigenvalue weighted by atomic mass is 79.9. The molecule has 0 bridgehead atoms. The first-order valence-corrected chi connectivity index (χ1v) is 13.1. The SMILES string of the molecule is COc1ccc(C(=O)NN2C(=O)/C(=C\c3ccc(OCc4ccc(Cl)cc4Cl)c(Br)c3)SC2=S)cc1. The minimum Gasteiger partial charge on any atom is -0.497 e. The van der Waals surface area contributed by atoms with Crippen molar-refractivity contribution in [2.24, 2.45) is 0 Å². The topological polar surface area (TPSA) is 67.9 Å². The summed E-state index contributed by atoms with van der Waals surface area (Å²) in [5.74, 6) is 0.356. The van der Waals surface area contributed by atoms with Crippen LogP contribution in [0.5, 0.6) is 11.5 Å². The summed E-state index contributed by atoms with van der Waals surface area (Å²) in [6.07, 6.45) is 1.70. The number of hydrogen-bond donors (Lipinski definition) is 1. The number of hydrogen-bond acceptors (Lipinski definition) is 6. The fourth-order valence-electron chi connectivity index (χ4n) is 3.14. The second-order valence-electron chi connectivity index (χ2n) is 7.40. The van der Waals surface area contributed by atoms with E-state index in [0.29, 0.717) is 36.5 Å². The number of carbonyl (C=O) groups is 2. The summed E-state index contributed by atoms with van der Waals surface area (Å²) in [6.45, 7) is 0.264. The second-order valence-corrected chi connectivity index (χ2v) is 10.8. The molecule has 0 spiro atoms. The summed E-state index contributed by atoms with van der Waals surface area (Å²) in [5, 5.41) is 2.15. The summed E-state index contributed by atoms with van der Waals surface area (Å²) in [5.41, 5.74) is 4.48. The first-order chi connectivity index (χ1) is 17.2. The van der Waals surface area contributed by atoms with Crippen LogP contribution in [-0.2, 0) is 11.4 Å². The van der Waals surface area contributed by atoms with Gasteiger partial charge in [-0.05, 0) is 88.3 Å². The molecule has 1 aliphatic heterocycles. The smallest absolute Gasteiger partial charge is 0.285 e. The number of amides is 2. The van der Waals surface area contributed by atoms with Gasteiger partial charge in [-0.1, -0.05) is 47.1 Å². The Kier molecular flexibility index (Phi) is 8.58. The summed E-state index contributed by atoms with van der Waals surface area (Å²) in [4.78, 5) is 25.9. The second kappa shape index (κ2) is 11.7. The van der Waals surface area contributed by atoms with Gasteiger partial charge in [0.15, 0.2) is 4.32 Å². The van der Waals surface area contributed by atoms with Gasteiger partial charge in [-0.3, -0.25) is 15.0 Å². The van der Waals surface area contributed by atoms with Crippen molar-refractivity contribution in [3.05, 3.63) is 96.8 Å². The molecule has 3 aromatic carbocycles. The van der Waals surface area contributed by atoms with E-state index in [-0.39, 0.29) is 10.9 Å². The van der Waals surface area contributed by atoms with E-state index in [4.69, 9.17) is 44.9 Å². The highest BCUT2D eigenvalue weighted by Crippen LogP contribution is 2.34. The van der Waals surface area contributed by atoms with E-state index in [0.717, 1.165) is 27.9 Å². The fourth-order valence-corrected chi connectivity index (χ4v) is 5.30. The first kappa shape index (κ1) is 26.5. The monoisotopic (exact) mass is 622 g/mol. The molecule has 0 unspecified atom stereocenters. The average Bonchev–Trinajstić information content (AvgIpc) is 3.11. The molecule has 6 nitrogen and oxygen atoms in total. The quantitative estimate of drug-likeness (QED) is 0.228. The maximum absolute atomic E-state index is 12.9. The molecule has 0 aliphatic carbocycles. The van der Waals surface area contributed by atoms with Gasteiger partial charge in [-0.2, -0.15) is 5.01 Å². The van der Waals surface area contributed by atoms with Crippen molar-refractivity contribution in [1.29, 1.82) is 0 Å². The van der Waals surface area contributed by atoms with Gasteiger partial charge in [0, 0.05) is 21.2 Å². The summed E-state index contributed by atoms with van der Waals surface area (Å²) >= 11 is 22.1. The summed E-state index contributed by atoms with van der Waals surface area (Å²) in [6, 6.07) is 17.2. The molecular weight excluding hydrogens is 607 g/mol. The standard InChI is InChI=1S/C25H17BrCl2N2O4S2/c1-33-18-7-4-15(5-8-18)23(31)29-30-24(32)22(36-25(30)35)11-14-2-9-21(19(26)10-14)34-13-16-3-6-17(27)12-20(16)28/h2-12H,13H2,1H3,(H,29,31)/b22-11+. The Labute approximate surface area is 235 Å². The van der Waals surface area contributed by atoms with E-state index >= 15 is 0 Å². The Morgan fingerprint density at radius 3 is 2.56 bits per heavy atom. The van der Waals surface area contributed by atoms with Crippen LogP contribution in [0.1, 0.15) is 21.5 Å². The van der Waals surface area contributed by atoms with Crippen molar-refractivity contribution in [2.75, 3.05) is 7.11 Å². The zero-order valence-corrected chi connectivity index (χ0v) is 23.3. The highest BCUT2D eigenvalue weighted by molar-refractivity contribution is 9.10. The molecule has 0 saturated carbocycles. The molecule has 1 fully saturated rings. The lowest BCUT2D eigenvalue weighted by molar-refractivity contribution is -0.123. The molecule has 36 heavy (non-hydrogen) atoms. The van der Waals surface area contributed by atoms with Gasteiger partial charge in [0.2, 0.25) is 0 Å². The Morgan fingerprint density at radius 2 is 1.89 bits per heavy atom. The number of hydrazine groups is 1. The molecule has 1 aliphatic rings. The van der Waals surface area contributed by atoms with Gasteiger partial charge < -0.3 is 9.47 Å². The number of benzene rings is 3. The van der Waals surface area contributed by atoms with Crippen LogP contribution in [-0.4, -0.2) is 28.3 Å². The van der Waals surface area contributed by atoms with Gasteiger partial charge in [-0.15, -0.1) is 0 Å². The number of rotatable bonds is 7. The summed E-state index contributed by atoms with van der Waals surface area (Å²) < 4.78 is 11.9. The molecule has 1 N–H and O–H groups in total. The average molecular weight is 624 g/mol. The number of nitrogens with zero attached hydrogens (tertiary/aromatic N) is 1. The van der Waals surface area contributed by atoms with Gasteiger partial charge in [0.05, 0.1) is 16.5 Å². The lowest BCUT2D eigenvalue weighted by Gasteiger charge is -2.15. The number of carbonyl (C=O) groups excluding carboxylic acids is 2. The molecular formula is C25H17BrCl2N2O4S2. The third-order valence-corrected chi connectivity index (χ3v) is 7.52. The molecule has 1 saturated heterocycles. The van der Waals surface area contributed by atoms with Crippen LogP contribution in [0, 0.1) is 0 Å². The van der Waals surface area contributed by atoms with Crippen LogP contribution in [0.25, 0.3) is 6.08 Å². The molecule has 3 aromatic rings. The number of methoxy groups -OCH3 is 1. The van der Waals surface area contributed by atoms with Crippen LogP contribution in [0.4, 0.5) is 0 Å². The van der Waals surface area contributed by atoms with Crippen molar-refractivity contribution >= 4 is 85.3 Å². The Bertz CT molecular complexity index is 1380. The van der Waals surface area contributed by atoms with Gasteiger partial charge in [0.25, 0.3) is 11.8 Å². The number of thiocarbonyl (C=S) groups is 1. The van der Waals surface area contributed by atoms with E-state index in [1.54, 1.807) is 48.5 Å². The number of nitrogens with one attached hydrogen (secondary N) is 1. The maximum Gasteiger partial charge on any atom is 0.285 e. The van der Waals surface area contributed by atoms with E-state index in [1.807, 2.05) is 18.2 Å². The van der Waals surface area contributed by atoms with Gasteiger partial charge in [0.1, 0.15) is 18.1 Å². The van der Waals surface area contributed by atoms with E-state index in [1.165, 1.54) is 7.11 Å². The summed E-state index contributed by atoms with van der Waals surface area (Å²) in [7, 11) is 1.54. The molecule has 184 valence electrons. The van der Waals surface area contributed by atoms with Crippen molar-refractivity contribution in [3.8, 4) is 11.5 Å². The fraction of sp³-hybridized carbons (Fsp3) is 0.0800. The number of halogens is 3. The zero-order valence-electron chi connectivity index (χ0n) is 18.6. The van der Waals surface area contributed by atoms with E-state index < -0.39 is 11.8 Å². The molecule has 2 amide bonds. The van der Waals surface area contributed by atoms with Crippen molar-refractivity contribution in [3.63, 3.8) is 0 Å². The van der Waals surface area contributed by atoms with Crippen LogP contribution in [0.15, 0.2) is 70.0 Å². The third kappa shape index (κ3) is 6.22. The van der Waals surface area contributed by atoms with Crippen LogP contribution in [0.3, 0.4) is 0 Å². The van der Waals surface area contributed by atoms with Gasteiger partial charge in [-0.25, -0.2) is 0 Å². The van der Waals surface area contributed by atoms with Gasteiger partial charge >= 0.3 is 0 Å². The molecule has 0 atom stereocenters. The molecule has 0 radical (unpaired) electrons. The third-order valence-electron chi connectivity index (χ3n) is 5.01. The van der Waals surface area contributed by atoms with Crippen molar-refractivity contribution in [2.45, 2.75) is 6.61 Å². The highest BCUT2D eigenvalue weighted by Gasteiger charge is 2.33. The lowest BCUT2D eigenvalue weighted by atomic mass is 10.2. The predicted molar refractivity (Wildman–Crippen MR) is 150 cm³/mol. The first-order valence-electron chi connectivity index (χ1n) is 10.3. The normalized spacial score (nSPS) is 14.3. The Hall–Kier alpha value is -2.56. The lowest BCUT2D eigenvalue weighted by Crippen LogP contribution is -2.44. The molecule has 4 rings (SSSR count). The van der Waals surface area contributed by atoms with Crippen molar-refractivity contribution < 1.29 is 19.1 Å². The maximum atomic E-state index is 12.9. The Balaban J connectivity index is 1.43. The number of thioether (sulfide) groups is 1. The zero-order chi connectivity index (χ0) is 25.8. The minimum atomic E-state index is -0.458. The largest absolute Gasteiger partial charge is 0.497 e. The van der Waals surface area contributed by atoms with Crippen molar-refractivity contribution in [1.82, 2.24) is 10.4 Å². The van der Waals surface area contributed by atoms with Crippen LogP contribution in [0.2, 0.25) is 10.0 Å². The van der Waals surface area contributed by atoms with E-state index in [9.17, 15) is 9.59 Å². The number of ether oxygens (including phenoxy) is 2. The molecule has 1 heterocycles. The van der Waals surface area contributed by atoms with Crippen LogP contribution >= 0.6 is 63.1 Å². The minimum absolute atomic E-state index is 0.229. The molecule has 11 heteroatoms. The molecule has 0 aromatic heterocycles.